The molecule has 112 valence electrons. The largest absolute Gasteiger partial charge is 0.289 e. The molecule has 0 bridgehead atoms. The number of nitro groups is 1. The van der Waals surface area contributed by atoms with Gasteiger partial charge in [-0.1, -0.05) is 29.8 Å². The average Bonchev–Trinajstić information content (AvgIpc) is 2.36. The highest BCUT2D eigenvalue weighted by Gasteiger charge is 2.33. The third kappa shape index (κ3) is 3.36. The van der Waals surface area contributed by atoms with Gasteiger partial charge in [0.15, 0.2) is 4.90 Å². The van der Waals surface area contributed by atoms with Crippen LogP contribution in [0.4, 0.5) is 5.69 Å². The van der Waals surface area contributed by atoms with E-state index in [0.29, 0.717) is 4.47 Å². The summed E-state index contributed by atoms with van der Waals surface area (Å²) in [5, 5.41) is 11.0. The highest BCUT2D eigenvalue weighted by atomic mass is 79.9. The highest BCUT2D eigenvalue weighted by Crippen LogP contribution is 2.30. The molecule has 0 N–H and O–H groups in total. The topological polar surface area (TPSA) is 80.5 Å². The number of rotatable bonds is 5. The van der Waals surface area contributed by atoms with E-state index in [1.165, 1.54) is 29.6 Å². The molecule has 1 aromatic rings. The summed E-state index contributed by atoms with van der Waals surface area (Å²) in [6, 6.07) is 3.63. The van der Waals surface area contributed by atoms with Gasteiger partial charge in [0.25, 0.3) is 5.69 Å². The molecule has 1 aromatic carbocycles. The van der Waals surface area contributed by atoms with Gasteiger partial charge in [0.2, 0.25) is 10.0 Å². The van der Waals surface area contributed by atoms with E-state index in [9.17, 15) is 18.5 Å². The third-order valence-corrected chi connectivity index (χ3v) is 5.78. The van der Waals surface area contributed by atoms with E-state index in [2.05, 4.69) is 15.9 Å². The van der Waals surface area contributed by atoms with Crippen LogP contribution in [0.3, 0.4) is 0 Å². The predicted molar refractivity (Wildman–Crippen MR) is 80.0 cm³/mol. The van der Waals surface area contributed by atoms with Gasteiger partial charge in [0.05, 0.1) is 4.92 Å². The number of halogens is 1. The van der Waals surface area contributed by atoms with Gasteiger partial charge in [-0.25, -0.2) is 8.42 Å². The molecule has 0 spiro atoms. The van der Waals surface area contributed by atoms with Gasteiger partial charge in [0.1, 0.15) is 0 Å². The molecule has 0 aromatic heterocycles. The van der Waals surface area contributed by atoms with Crippen molar-refractivity contribution in [1.82, 2.24) is 4.31 Å². The summed E-state index contributed by atoms with van der Waals surface area (Å²) >= 11 is 3.15. The monoisotopic (exact) mass is 364 g/mol. The minimum Gasteiger partial charge on any atom is -0.258 e. The van der Waals surface area contributed by atoms with Crippen molar-refractivity contribution in [3.05, 3.63) is 32.8 Å². The molecule has 20 heavy (non-hydrogen) atoms. The van der Waals surface area contributed by atoms with Crippen LogP contribution in [0.5, 0.6) is 0 Å². The summed E-state index contributed by atoms with van der Waals surface area (Å²) in [6.45, 7) is 5.56. The molecule has 0 saturated carbocycles. The lowest BCUT2D eigenvalue weighted by atomic mass is 10.1. The van der Waals surface area contributed by atoms with Crippen molar-refractivity contribution in [3.63, 3.8) is 0 Å². The molecule has 0 heterocycles. The van der Waals surface area contributed by atoms with Crippen LogP contribution >= 0.6 is 15.9 Å². The van der Waals surface area contributed by atoms with E-state index in [1.807, 2.05) is 13.8 Å². The molecule has 0 fully saturated rings. The third-order valence-electron chi connectivity index (χ3n) is 3.31. The van der Waals surface area contributed by atoms with Crippen molar-refractivity contribution in [1.29, 1.82) is 0 Å². The molecular weight excluding hydrogens is 348 g/mol. The Kier molecular flexibility index (Phi) is 5.28. The smallest absolute Gasteiger partial charge is 0.258 e. The van der Waals surface area contributed by atoms with E-state index in [-0.39, 0.29) is 16.9 Å². The van der Waals surface area contributed by atoms with Gasteiger partial charge >= 0.3 is 0 Å². The van der Waals surface area contributed by atoms with Gasteiger partial charge < -0.3 is 0 Å². The van der Waals surface area contributed by atoms with Crippen molar-refractivity contribution in [3.8, 4) is 0 Å². The Balaban J connectivity index is 3.42. The lowest BCUT2D eigenvalue weighted by Crippen LogP contribution is -2.38. The van der Waals surface area contributed by atoms with Crippen molar-refractivity contribution < 1.29 is 13.3 Å². The summed E-state index contributed by atoms with van der Waals surface area (Å²) in [5.41, 5.74) is -0.420. The van der Waals surface area contributed by atoms with Crippen LogP contribution in [0.2, 0.25) is 0 Å². The zero-order valence-electron chi connectivity index (χ0n) is 11.7. The summed E-state index contributed by atoms with van der Waals surface area (Å²) in [4.78, 5) is 10.0. The second-order valence-corrected chi connectivity index (χ2v) is 7.76. The molecule has 0 radical (unpaired) electrons. The first kappa shape index (κ1) is 17.1. The average molecular weight is 365 g/mol. The van der Waals surface area contributed by atoms with Crippen molar-refractivity contribution in [2.24, 2.45) is 5.92 Å². The zero-order valence-corrected chi connectivity index (χ0v) is 14.1. The van der Waals surface area contributed by atoms with Crippen molar-refractivity contribution >= 4 is 31.6 Å². The number of hydrogen-bond acceptors (Lipinski definition) is 4. The Hall–Kier alpha value is -0.990. The number of benzene rings is 1. The van der Waals surface area contributed by atoms with Crippen LogP contribution in [0.15, 0.2) is 27.6 Å². The van der Waals surface area contributed by atoms with E-state index >= 15 is 0 Å². The minimum absolute atomic E-state index is 0.0981. The van der Waals surface area contributed by atoms with Crippen molar-refractivity contribution in [2.45, 2.75) is 31.7 Å². The van der Waals surface area contributed by atoms with E-state index < -0.39 is 20.6 Å². The minimum atomic E-state index is -3.92. The van der Waals surface area contributed by atoms with Crippen LogP contribution in [0.25, 0.3) is 0 Å². The second-order valence-electron chi connectivity index (χ2n) is 4.88. The number of hydrogen-bond donors (Lipinski definition) is 0. The van der Waals surface area contributed by atoms with E-state index in [1.54, 1.807) is 6.92 Å². The standard InChI is InChI=1S/C12H17BrN2O4S/c1-8(2)9(3)14(4)20(18,19)12-7-10(13)5-6-11(12)15(16)17/h5-9H,1-4H3. The second kappa shape index (κ2) is 6.19. The molecule has 8 heteroatoms. The lowest BCUT2D eigenvalue weighted by Gasteiger charge is -2.27. The quantitative estimate of drug-likeness (QED) is 0.593. The maximum absolute atomic E-state index is 12.6. The fraction of sp³-hybridized carbons (Fsp3) is 0.500. The van der Waals surface area contributed by atoms with Gasteiger partial charge in [-0.05, 0) is 25.0 Å². The predicted octanol–water partition coefficient (Wildman–Crippen LogP) is 3.02. The number of nitro benzene ring substituents is 1. The van der Waals surface area contributed by atoms with Gasteiger partial charge in [-0.2, -0.15) is 4.31 Å². The van der Waals surface area contributed by atoms with Gasteiger partial charge in [0, 0.05) is 23.6 Å². The van der Waals surface area contributed by atoms with Crippen molar-refractivity contribution in [2.75, 3.05) is 7.05 Å². The summed E-state index contributed by atoms with van der Waals surface area (Å²) in [7, 11) is -2.48. The van der Waals surface area contributed by atoms with Crippen LogP contribution in [0.1, 0.15) is 20.8 Å². The summed E-state index contributed by atoms with van der Waals surface area (Å²) in [5.74, 6) is 0.0981. The molecule has 0 saturated heterocycles. The summed E-state index contributed by atoms with van der Waals surface area (Å²) < 4.78 is 26.8. The Morgan fingerprint density at radius 1 is 1.30 bits per heavy atom. The molecule has 0 aliphatic rings. The first-order valence-electron chi connectivity index (χ1n) is 6.01. The van der Waals surface area contributed by atoms with Crippen LogP contribution in [0, 0.1) is 16.0 Å². The van der Waals surface area contributed by atoms with Crippen LogP contribution < -0.4 is 0 Å². The Labute approximate surface area is 127 Å². The lowest BCUT2D eigenvalue weighted by molar-refractivity contribution is -0.387. The maximum Gasteiger partial charge on any atom is 0.289 e. The molecule has 1 rings (SSSR count). The molecule has 1 atom stereocenters. The first-order valence-corrected chi connectivity index (χ1v) is 8.24. The zero-order chi connectivity index (χ0) is 15.7. The van der Waals surface area contributed by atoms with Gasteiger partial charge in [-0.15, -0.1) is 0 Å². The normalized spacial score (nSPS) is 13.8. The van der Waals surface area contributed by atoms with Crippen LogP contribution in [-0.2, 0) is 10.0 Å². The fourth-order valence-electron chi connectivity index (χ4n) is 1.64. The molecular formula is C12H17BrN2O4S. The number of nitrogens with zero attached hydrogens (tertiary/aromatic N) is 2. The van der Waals surface area contributed by atoms with E-state index in [4.69, 9.17) is 0 Å². The molecule has 1 unspecified atom stereocenters. The molecule has 0 aliphatic heterocycles. The summed E-state index contributed by atoms with van der Waals surface area (Å²) in [6.07, 6.45) is 0. The molecule has 0 aliphatic carbocycles. The Morgan fingerprint density at radius 3 is 2.30 bits per heavy atom. The fourth-order valence-corrected chi connectivity index (χ4v) is 3.83. The molecule has 6 nitrogen and oxygen atoms in total. The van der Waals surface area contributed by atoms with Gasteiger partial charge in [-0.3, -0.25) is 10.1 Å². The molecule has 0 amide bonds. The maximum atomic E-state index is 12.6. The Morgan fingerprint density at radius 2 is 1.85 bits per heavy atom. The van der Waals surface area contributed by atoms with E-state index in [0.717, 1.165) is 0 Å². The number of sulfonamides is 1. The SMILES string of the molecule is CC(C)C(C)N(C)S(=O)(=O)c1cc(Br)ccc1[N+](=O)[O-]. The first-order chi connectivity index (χ1) is 9.09. The van der Waals surface area contributed by atoms with Crippen LogP contribution in [-0.4, -0.2) is 30.7 Å². The highest BCUT2D eigenvalue weighted by molar-refractivity contribution is 9.10. The Bertz CT molecular complexity index is 616.